The van der Waals surface area contributed by atoms with Gasteiger partial charge in [0.15, 0.2) is 0 Å². The lowest BCUT2D eigenvalue weighted by atomic mass is 10.0. The Kier molecular flexibility index (Phi) is 5.23. The number of rotatable bonds is 4. The monoisotopic (exact) mass is 360 g/mol. The smallest absolute Gasteiger partial charge is 0.262 e. The molecule has 5 nitrogen and oxygen atoms in total. The number of aryl methyl sites for hydroxylation is 2. The summed E-state index contributed by atoms with van der Waals surface area (Å²) in [4.78, 5) is 13.2. The number of benzene rings is 2. The molecule has 0 bridgehead atoms. The largest absolute Gasteiger partial charge is 0.316 e. The van der Waals surface area contributed by atoms with E-state index in [1.165, 1.54) is 11.8 Å². The van der Waals surface area contributed by atoms with Crippen molar-refractivity contribution in [1.82, 2.24) is 0 Å². The minimum atomic E-state index is -3.70. The third-order valence-electron chi connectivity index (χ3n) is 4.55. The molecule has 6 heteroatoms. The van der Waals surface area contributed by atoms with Crippen LogP contribution in [0, 0.1) is 27.7 Å². The number of nitrogens with one attached hydrogen (secondary N) is 1. The van der Waals surface area contributed by atoms with E-state index in [0.29, 0.717) is 16.3 Å². The fourth-order valence-corrected chi connectivity index (χ4v) is 4.40. The predicted molar refractivity (Wildman–Crippen MR) is 102 cm³/mol. The number of hydrogen-bond acceptors (Lipinski definition) is 3. The third-order valence-corrected chi connectivity index (χ3v) is 6.20. The zero-order valence-corrected chi connectivity index (χ0v) is 16.3. The summed E-state index contributed by atoms with van der Waals surface area (Å²) in [7, 11) is -2.03. The van der Waals surface area contributed by atoms with Crippen LogP contribution in [0.2, 0.25) is 0 Å². The van der Waals surface area contributed by atoms with E-state index in [1.54, 1.807) is 31.3 Å². The van der Waals surface area contributed by atoms with Gasteiger partial charge in [0, 0.05) is 25.3 Å². The van der Waals surface area contributed by atoms with Crippen LogP contribution in [-0.4, -0.2) is 21.4 Å². The van der Waals surface area contributed by atoms with E-state index in [9.17, 15) is 13.2 Å². The fourth-order valence-electron chi connectivity index (χ4n) is 2.72. The molecule has 2 rings (SSSR count). The van der Waals surface area contributed by atoms with Crippen molar-refractivity contribution in [2.24, 2.45) is 0 Å². The number of sulfonamides is 1. The summed E-state index contributed by atoms with van der Waals surface area (Å²) < 4.78 is 28.4. The van der Waals surface area contributed by atoms with E-state index >= 15 is 0 Å². The van der Waals surface area contributed by atoms with Gasteiger partial charge in [0.2, 0.25) is 5.91 Å². The Balaban J connectivity index is 2.39. The van der Waals surface area contributed by atoms with Crippen molar-refractivity contribution < 1.29 is 13.2 Å². The van der Waals surface area contributed by atoms with Gasteiger partial charge < -0.3 is 4.90 Å². The van der Waals surface area contributed by atoms with Crippen LogP contribution in [0.5, 0.6) is 0 Å². The number of amides is 1. The maximum Gasteiger partial charge on any atom is 0.262 e. The van der Waals surface area contributed by atoms with Crippen molar-refractivity contribution >= 4 is 27.3 Å². The highest BCUT2D eigenvalue weighted by Gasteiger charge is 2.22. The van der Waals surface area contributed by atoms with Crippen LogP contribution in [0.15, 0.2) is 35.2 Å². The molecule has 2 aromatic rings. The Morgan fingerprint density at radius 3 is 1.88 bits per heavy atom. The Bertz CT molecular complexity index is 890. The second-order valence-electron chi connectivity index (χ2n) is 6.32. The van der Waals surface area contributed by atoms with Gasteiger partial charge in [-0.2, -0.15) is 0 Å². The average Bonchev–Trinajstić information content (AvgIpc) is 2.52. The van der Waals surface area contributed by atoms with Gasteiger partial charge >= 0.3 is 0 Å². The zero-order chi connectivity index (χ0) is 18.9. The van der Waals surface area contributed by atoms with Gasteiger partial charge in [-0.1, -0.05) is 6.07 Å². The van der Waals surface area contributed by atoms with Crippen LogP contribution in [0.1, 0.15) is 29.2 Å². The summed E-state index contributed by atoms with van der Waals surface area (Å²) in [6, 6.07) is 8.72. The highest BCUT2D eigenvalue weighted by Crippen LogP contribution is 2.28. The van der Waals surface area contributed by atoms with Gasteiger partial charge in [-0.3, -0.25) is 9.52 Å². The predicted octanol–water partition coefficient (Wildman–Crippen LogP) is 3.70. The molecule has 2 aromatic carbocycles. The highest BCUT2D eigenvalue weighted by molar-refractivity contribution is 7.92. The molecule has 0 aliphatic heterocycles. The standard InChI is InChI=1S/C19H24N2O3S/c1-12-11-13(2)15(4)19(14(12)3)25(23,24)20-17-7-9-18(10-8-17)21(6)16(5)22/h7-11,20H,1-6H3. The van der Waals surface area contributed by atoms with E-state index in [1.807, 2.05) is 33.8 Å². The number of hydrogen-bond donors (Lipinski definition) is 1. The first-order chi connectivity index (χ1) is 11.5. The quantitative estimate of drug-likeness (QED) is 0.904. The summed E-state index contributed by atoms with van der Waals surface area (Å²) in [6.07, 6.45) is 0. The van der Waals surface area contributed by atoms with E-state index in [0.717, 1.165) is 22.3 Å². The van der Waals surface area contributed by atoms with Crippen LogP contribution < -0.4 is 9.62 Å². The summed E-state index contributed by atoms with van der Waals surface area (Å²) in [6.45, 7) is 8.94. The lowest BCUT2D eigenvalue weighted by molar-refractivity contribution is -0.116. The molecule has 0 spiro atoms. The number of carbonyl (C=O) groups excluding carboxylic acids is 1. The van der Waals surface area contributed by atoms with Crippen molar-refractivity contribution in [1.29, 1.82) is 0 Å². The van der Waals surface area contributed by atoms with Crippen LogP contribution in [0.4, 0.5) is 11.4 Å². The van der Waals surface area contributed by atoms with Crippen LogP contribution >= 0.6 is 0 Å². The Morgan fingerprint density at radius 1 is 0.960 bits per heavy atom. The summed E-state index contributed by atoms with van der Waals surface area (Å²) in [5, 5.41) is 0. The van der Waals surface area contributed by atoms with Gasteiger partial charge in [0.1, 0.15) is 0 Å². The molecule has 0 aromatic heterocycles. The lowest BCUT2D eigenvalue weighted by Gasteiger charge is -2.18. The van der Waals surface area contributed by atoms with Crippen LogP contribution in [-0.2, 0) is 14.8 Å². The molecule has 134 valence electrons. The molecule has 0 atom stereocenters. The van der Waals surface area contributed by atoms with Crippen molar-refractivity contribution in [2.45, 2.75) is 39.5 Å². The molecule has 0 saturated heterocycles. The summed E-state index contributed by atoms with van der Waals surface area (Å²) >= 11 is 0. The van der Waals surface area contributed by atoms with E-state index < -0.39 is 10.0 Å². The van der Waals surface area contributed by atoms with Gasteiger partial charge in [0.05, 0.1) is 4.90 Å². The summed E-state index contributed by atoms with van der Waals surface area (Å²) in [5.74, 6) is -0.0881. The molecule has 25 heavy (non-hydrogen) atoms. The molecule has 0 aliphatic carbocycles. The first-order valence-corrected chi connectivity index (χ1v) is 9.47. The maximum absolute atomic E-state index is 12.9. The van der Waals surface area contributed by atoms with Gasteiger partial charge in [0.25, 0.3) is 10.0 Å². The third kappa shape index (κ3) is 3.85. The molecular formula is C19H24N2O3S. The van der Waals surface area contributed by atoms with E-state index in [2.05, 4.69) is 4.72 Å². The molecule has 1 amide bonds. The highest BCUT2D eigenvalue weighted by atomic mass is 32.2. The van der Waals surface area contributed by atoms with Crippen LogP contribution in [0.25, 0.3) is 0 Å². The number of anilines is 2. The van der Waals surface area contributed by atoms with E-state index in [-0.39, 0.29) is 5.91 Å². The molecule has 0 aliphatic rings. The minimum absolute atomic E-state index is 0.0881. The Hall–Kier alpha value is -2.34. The van der Waals surface area contributed by atoms with Gasteiger partial charge in [-0.25, -0.2) is 8.42 Å². The lowest BCUT2D eigenvalue weighted by Crippen LogP contribution is -2.22. The number of nitrogens with zero attached hydrogens (tertiary/aromatic N) is 1. The molecule has 0 unspecified atom stereocenters. The van der Waals surface area contributed by atoms with Crippen molar-refractivity contribution in [2.75, 3.05) is 16.7 Å². The topological polar surface area (TPSA) is 66.5 Å². The van der Waals surface area contributed by atoms with Gasteiger partial charge in [-0.05, 0) is 74.2 Å². The van der Waals surface area contributed by atoms with E-state index in [4.69, 9.17) is 0 Å². The fraction of sp³-hybridized carbons (Fsp3) is 0.316. The molecule has 1 N–H and O–H groups in total. The molecular weight excluding hydrogens is 336 g/mol. The molecule has 0 radical (unpaired) electrons. The molecule has 0 fully saturated rings. The second kappa shape index (κ2) is 6.88. The Morgan fingerprint density at radius 2 is 1.44 bits per heavy atom. The number of carbonyl (C=O) groups is 1. The normalized spacial score (nSPS) is 11.3. The zero-order valence-electron chi connectivity index (χ0n) is 15.5. The minimum Gasteiger partial charge on any atom is -0.316 e. The first-order valence-electron chi connectivity index (χ1n) is 7.99. The van der Waals surface area contributed by atoms with Crippen LogP contribution in [0.3, 0.4) is 0 Å². The SMILES string of the molecule is CC(=O)N(C)c1ccc(NS(=O)(=O)c2c(C)c(C)cc(C)c2C)cc1. The second-order valence-corrected chi connectivity index (χ2v) is 7.94. The molecule has 0 heterocycles. The van der Waals surface area contributed by atoms with Crippen molar-refractivity contribution in [3.05, 3.63) is 52.6 Å². The average molecular weight is 360 g/mol. The van der Waals surface area contributed by atoms with Gasteiger partial charge in [-0.15, -0.1) is 0 Å². The summed E-state index contributed by atoms with van der Waals surface area (Å²) in [5.41, 5.74) is 4.56. The van der Waals surface area contributed by atoms with Crippen molar-refractivity contribution in [3.8, 4) is 0 Å². The maximum atomic E-state index is 12.9. The molecule has 0 saturated carbocycles. The Labute approximate surface area is 149 Å². The van der Waals surface area contributed by atoms with Crippen molar-refractivity contribution in [3.63, 3.8) is 0 Å². The first kappa shape index (κ1) is 19.0.